The Hall–Kier alpha value is -2.24. The summed E-state index contributed by atoms with van der Waals surface area (Å²) in [4.78, 5) is 4.78. The average Bonchev–Trinajstić information content (AvgIpc) is 2.63. The topological polar surface area (TPSA) is 58.3 Å². The van der Waals surface area contributed by atoms with E-state index in [9.17, 15) is 0 Å². The Morgan fingerprint density at radius 1 is 1.12 bits per heavy atom. The van der Waals surface area contributed by atoms with E-state index in [1.807, 2.05) is 42.5 Å². The second kappa shape index (κ2) is 6.94. The molecule has 0 aromatic heterocycles. The molecule has 1 spiro atoms. The number of hydrogen-bond donors (Lipinski definition) is 1. The van der Waals surface area contributed by atoms with Crippen molar-refractivity contribution >= 4 is 28.8 Å². The maximum atomic E-state index is 6.03. The van der Waals surface area contributed by atoms with E-state index in [2.05, 4.69) is 21.6 Å². The number of para-hydroxylation sites is 2. The van der Waals surface area contributed by atoms with Gasteiger partial charge in [-0.1, -0.05) is 35.9 Å². The summed E-state index contributed by atoms with van der Waals surface area (Å²) in [6.07, 6.45) is 1.66. The van der Waals surface area contributed by atoms with Crippen molar-refractivity contribution in [1.29, 1.82) is 0 Å². The molecule has 128 valence electrons. The molecule has 5 nitrogen and oxygen atoms in total. The molecule has 2 aliphatic rings. The van der Waals surface area contributed by atoms with Gasteiger partial charge in [-0.25, -0.2) is 4.99 Å². The average molecular weight is 355 g/mol. The molecule has 2 aromatic rings. The smallest absolute Gasteiger partial charge is 0.176 e. The minimum absolute atomic E-state index is 0.301. The summed E-state index contributed by atoms with van der Waals surface area (Å²) in [6.45, 7) is 1.86. The lowest BCUT2D eigenvalue weighted by molar-refractivity contribution is 0.0776. The van der Waals surface area contributed by atoms with E-state index in [0.29, 0.717) is 24.8 Å². The van der Waals surface area contributed by atoms with E-state index in [1.54, 1.807) is 0 Å². The van der Waals surface area contributed by atoms with Crippen LogP contribution in [0.1, 0.15) is 18.4 Å². The van der Waals surface area contributed by atoms with E-state index in [4.69, 9.17) is 21.3 Å². The number of azo groups is 1. The third-order valence-corrected chi connectivity index (χ3v) is 4.82. The van der Waals surface area contributed by atoms with Gasteiger partial charge in [0.05, 0.1) is 17.9 Å². The van der Waals surface area contributed by atoms with Crippen molar-refractivity contribution in [2.24, 2.45) is 15.2 Å². The van der Waals surface area contributed by atoms with Crippen molar-refractivity contribution in [2.75, 3.05) is 18.5 Å². The van der Waals surface area contributed by atoms with Crippen molar-refractivity contribution in [1.82, 2.24) is 0 Å². The zero-order valence-electron chi connectivity index (χ0n) is 13.8. The van der Waals surface area contributed by atoms with E-state index in [1.165, 1.54) is 0 Å². The molecule has 1 N–H and O–H groups in total. The van der Waals surface area contributed by atoms with Crippen LogP contribution in [-0.2, 0) is 11.3 Å². The van der Waals surface area contributed by atoms with E-state index in [0.717, 1.165) is 35.6 Å². The summed E-state index contributed by atoms with van der Waals surface area (Å²) in [5.41, 5.74) is 2.67. The summed E-state index contributed by atoms with van der Waals surface area (Å²) < 4.78 is 5.54. The van der Waals surface area contributed by atoms with Crippen LogP contribution in [0.4, 0.5) is 11.4 Å². The Morgan fingerprint density at radius 2 is 1.96 bits per heavy atom. The molecule has 0 unspecified atom stereocenters. The molecule has 6 heteroatoms. The number of aliphatic imine (C=N–C) groups is 1. The molecule has 2 aliphatic heterocycles. The Balaban J connectivity index is 1.62. The minimum atomic E-state index is -0.301. The van der Waals surface area contributed by atoms with Gasteiger partial charge < -0.3 is 10.1 Å². The Labute approximate surface area is 151 Å². The Bertz CT molecular complexity index is 828. The van der Waals surface area contributed by atoms with Crippen LogP contribution in [0.5, 0.6) is 0 Å². The highest BCUT2D eigenvalue weighted by molar-refractivity contribution is 6.30. The molecule has 25 heavy (non-hydrogen) atoms. The fourth-order valence-electron chi connectivity index (χ4n) is 3.22. The molecular formula is C19H19ClN4O. The maximum Gasteiger partial charge on any atom is 0.176 e. The third kappa shape index (κ3) is 3.43. The van der Waals surface area contributed by atoms with Gasteiger partial charge in [-0.05, 0) is 29.8 Å². The van der Waals surface area contributed by atoms with Gasteiger partial charge >= 0.3 is 0 Å². The lowest BCUT2D eigenvalue weighted by atomic mass is 9.87. The molecule has 4 rings (SSSR count). The quantitative estimate of drug-likeness (QED) is 0.772. The van der Waals surface area contributed by atoms with E-state index in [-0.39, 0.29) is 5.54 Å². The number of halogens is 1. The first kappa shape index (κ1) is 16.2. The van der Waals surface area contributed by atoms with Gasteiger partial charge in [0.15, 0.2) is 5.84 Å². The highest BCUT2D eigenvalue weighted by atomic mass is 35.5. The molecular weight excluding hydrogens is 336 g/mol. The predicted octanol–water partition coefficient (Wildman–Crippen LogP) is 5.00. The van der Waals surface area contributed by atoms with E-state index >= 15 is 0 Å². The second-order valence-corrected chi connectivity index (χ2v) is 6.74. The predicted molar refractivity (Wildman–Crippen MR) is 100.0 cm³/mol. The number of nitrogens with one attached hydrogen (secondary N) is 1. The summed E-state index contributed by atoms with van der Waals surface area (Å²) in [5.74, 6) is 0.733. The van der Waals surface area contributed by atoms with Gasteiger partial charge in [0.25, 0.3) is 0 Å². The minimum Gasteiger partial charge on any atom is -0.381 e. The molecule has 0 radical (unpaired) electrons. The standard InChI is InChI=1S/C19H19ClN4O/c20-15-5-3-4-14(12-15)13-21-24-18-19(8-10-25-11-9-19)23-17-7-2-1-6-16(17)22-18/h1-7,12,23H,8-11,13H2. The zero-order chi connectivity index (χ0) is 17.1. The normalized spacial score (nSPS) is 18.7. The number of nitrogens with zero attached hydrogens (tertiary/aromatic N) is 3. The van der Waals surface area contributed by atoms with Gasteiger partial charge in [-0.2, -0.15) is 5.11 Å². The zero-order valence-corrected chi connectivity index (χ0v) is 14.5. The molecule has 1 saturated heterocycles. The third-order valence-electron chi connectivity index (χ3n) is 4.59. The molecule has 2 heterocycles. The number of anilines is 1. The summed E-state index contributed by atoms with van der Waals surface area (Å²) in [5, 5.41) is 13.2. The number of rotatable bonds is 2. The molecule has 2 aromatic carbocycles. The van der Waals surface area contributed by atoms with Crippen LogP contribution in [0.25, 0.3) is 0 Å². The fourth-order valence-corrected chi connectivity index (χ4v) is 3.43. The lowest BCUT2D eigenvalue weighted by Gasteiger charge is -2.40. The van der Waals surface area contributed by atoms with Gasteiger partial charge in [0, 0.05) is 31.1 Å². The highest BCUT2D eigenvalue weighted by Gasteiger charge is 2.41. The van der Waals surface area contributed by atoms with Crippen molar-refractivity contribution < 1.29 is 4.74 Å². The van der Waals surface area contributed by atoms with Crippen LogP contribution in [0.2, 0.25) is 5.02 Å². The number of benzene rings is 2. The molecule has 0 atom stereocenters. The Morgan fingerprint density at radius 3 is 2.80 bits per heavy atom. The summed E-state index contributed by atoms with van der Waals surface area (Å²) >= 11 is 6.03. The first-order valence-corrected chi connectivity index (χ1v) is 8.79. The van der Waals surface area contributed by atoms with Gasteiger partial charge in [0.2, 0.25) is 0 Å². The van der Waals surface area contributed by atoms with Crippen LogP contribution in [0.15, 0.2) is 63.8 Å². The Kier molecular flexibility index (Phi) is 4.51. The van der Waals surface area contributed by atoms with Crippen molar-refractivity contribution in [3.8, 4) is 0 Å². The van der Waals surface area contributed by atoms with E-state index < -0.39 is 0 Å². The maximum absolute atomic E-state index is 6.03. The van der Waals surface area contributed by atoms with Crippen LogP contribution in [0, 0.1) is 0 Å². The monoisotopic (exact) mass is 354 g/mol. The van der Waals surface area contributed by atoms with Gasteiger partial charge in [-0.15, -0.1) is 5.11 Å². The lowest BCUT2D eigenvalue weighted by Crippen LogP contribution is -2.51. The SMILES string of the molecule is Clc1cccc(CN=NC2=Nc3ccccc3NC23CCOCC3)c1. The molecule has 0 amide bonds. The summed E-state index contributed by atoms with van der Waals surface area (Å²) in [6, 6.07) is 15.7. The van der Waals surface area contributed by atoms with Crippen molar-refractivity contribution in [3.05, 3.63) is 59.1 Å². The number of amidine groups is 1. The molecule has 0 bridgehead atoms. The first-order valence-electron chi connectivity index (χ1n) is 8.41. The van der Waals surface area contributed by atoms with Crippen LogP contribution < -0.4 is 5.32 Å². The molecule has 0 saturated carbocycles. The number of ether oxygens (including phenoxy) is 1. The van der Waals surface area contributed by atoms with Crippen molar-refractivity contribution in [3.63, 3.8) is 0 Å². The van der Waals surface area contributed by atoms with Crippen LogP contribution in [0.3, 0.4) is 0 Å². The van der Waals surface area contributed by atoms with Crippen molar-refractivity contribution in [2.45, 2.75) is 24.9 Å². The molecule has 0 aliphatic carbocycles. The number of hydrogen-bond acceptors (Lipinski definition) is 5. The van der Waals surface area contributed by atoms with Gasteiger partial charge in [-0.3, -0.25) is 0 Å². The number of fused-ring (bicyclic) bond motifs is 1. The first-order chi connectivity index (χ1) is 12.3. The largest absolute Gasteiger partial charge is 0.381 e. The highest BCUT2D eigenvalue weighted by Crippen LogP contribution is 2.38. The van der Waals surface area contributed by atoms with Crippen LogP contribution >= 0.6 is 11.6 Å². The summed E-state index contributed by atoms with van der Waals surface area (Å²) in [7, 11) is 0. The molecule has 1 fully saturated rings. The second-order valence-electron chi connectivity index (χ2n) is 6.30. The fraction of sp³-hybridized carbons (Fsp3) is 0.316. The van der Waals surface area contributed by atoms with Crippen LogP contribution in [-0.4, -0.2) is 24.6 Å². The van der Waals surface area contributed by atoms with Gasteiger partial charge in [0.1, 0.15) is 5.54 Å².